The Hall–Kier alpha value is 12.9. The van der Waals surface area contributed by atoms with Gasteiger partial charge in [-0.25, -0.2) is 0 Å². The minimum Gasteiger partial charge on any atom is -0.358 e. The third-order valence-corrected chi connectivity index (χ3v) is 0. The Balaban J connectivity index is 0. The maximum absolute atomic E-state index is 0. The molecule has 0 bridgehead atoms. The average Bonchev–Trinajstić information content (AvgIpc) is 0. The van der Waals surface area contributed by atoms with E-state index in [9.17, 15) is 0 Å². The van der Waals surface area contributed by atoms with Crippen molar-refractivity contribution in [3.8, 4) is 0 Å². The van der Waals surface area contributed by atoms with Gasteiger partial charge in [-0.3, -0.25) is 0 Å². The van der Waals surface area contributed by atoms with E-state index < -0.39 is 0 Å². The smallest absolute Gasteiger partial charge is 0 e. The zero-order chi connectivity index (χ0) is 0. The summed E-state index contributed by atoms with van der Waals surface area (Å²) in [6.07, 6.45) is 0. The largest absolute Gasteiger partial charge is 0.358 e. The van der Waals surface area contributed by atoms with Crippen molar-refractivity contribution in [2.45, 2.75) is 0 Å². The molecule has 0 rings (SSSR count). The second kappa shape index (κ2) is 242. The molecule has 0 spiro atoms. The zero-order valence-electron chi connectivity index (χ0n) is 10.8. The van der Waals surface area contributed by atoms with Crippen LogP contribution in [0.5, 0.6) is 0 Å². The summed E-state index contributed by atoms with van der Waals surface area (Å²) in [5, 5.41) is 0. The fraction of sp³-hybridized carbons (Fsp3) is 0. The van der Waals surface area contributed by atoms with Gasteiger partial charge in [-0.05, 0) is 0 Å². The van der Waals surface area contributed by atoms with Gasteiger partial charge in [-0.15, -0.1) is 0 Å². The first-order chi connectivity index (χ1) is 0. The van der Waals surface area contributed by atoms with Gasteiger partial charge in [0, 0.05) is 408 Å². The Morgan fingerprint density at radius 2 is 0.0870 bits per heavy atom. The Morgan fingerprint density at radius 1 is 0.0870 bits per heavy atom. The van der Waals surface area contributed by atoms with E-state index in [4.69, 9.17) is 0 Å². The van der Waals surface area contributed by atoms with Crippen LogP contribution < -0.4 is 0 Å². The van der Waals surface area contributed by atoms with Crippen LogP contribution in [-0.4, -0.2) is 0 Å². The summed E-state index contributed by atoms with van der Waals surface area (Å²) in [5.41, 5.74) is 0. The van der Waals surface area contributed by atoms with E-state index in [2.05, 4.69) is 0 Å². The number of hydrogen-bond acceptors (Lipinski definition) is 0. The molecular weight excluding hydrogens is 1130 g/mol. The van der Waals surface area contributed by atoms with E-state index in [0.717, 1.165) is 0 Å². The van der Waals surface area contributed by atoms with Crippen LogP contribution in [0.2, 0.25) is 0 Å². The van der Waals surface area contributed by atoms with E-state index in [0.29, 0.717) is 0 Å². The maximum atomic E-state index is 0. The van der Waals surface area contributed by atoms with Gasteiger partial charge in [0.25, 0.3) is 0 Å². The van der Waals surface area contributed by atoms with Crippen LogP contribution in [0.15, 0.2) is 0 Å². The summed E-state index contributed by atoms with van der Waals surface area (Å²) in [6.45, 7) is 0. The van der Waals surface area contributed by atoms with Gasteiger partial charge < -0.3 is 7.43 Å². The molecule has 0 fully saturated rings. The third-order valence-electron chi connectivity index (χ3n) is 0. The Morgan fingerprint density at radius 3 is 0.0870 bits per heavy atom. The molecule has 0 aliphatic heterocycles. The first-order valence-corrected chi connectivity index (χ1v) is 0. The number of hydrogen-bond donors (Lipinski definition) is 0. The minimum absolute atomic E-state index is 0. The van der Waals surface area contributed by atoms with E-state index in [-0.39, 0.29) is 416 Å². The van der Waals surface area contributed by atoms with Gasteiger partial charge in [-0.2, -0.15) is 0 Å². The topological polar surface area (TPSA) is 0 Å². The quantitative estimate of drug-likeness (QED) is 0.309. The fourth-order valence-electron chi connectivity index (χ4n) is 0. The van der Waals surface area contributed by atoms with Crippen LogP contribution in [0.25, 0.3) is 0 Å². The molecule has 0 aliphatic rings. The van der Waals surface area contributed by atoms with E-state index in [1.54, 1.807) is 0 Å². The summed E-state index contributed by atoms with van der Waals surface area (Å²) < 4.78 is 0. The van der Waals surface area contributed by atoms with Crippen molar-refractivity contribution in [3.05, 3.63) is 7.43 Å². The molecule has 118 valence electrons. The Bertz CT molecular complexity index is 5.93. The van der Waals surface area contributed by atoms with Crippen molar-refractivity contribution < 1.29 is 408 Å². The Labute approximate surface area is 405 Å². The normalized spacial score (nSPS) is 0. The predicted molar refractivity (Wildman–Crippen MR) is 6.41 cm³/mol. The molecule has 0 nitrogen and oxygen atoms in total. The molecule has 0 atom stereocenters. The first-order valence-electron chi connectivity index (χ1n) is 0. The molecule has 0 aromatic rings. The van der Waals surface area contributed by atoms with Crippen LogP contribution >= 0.6 is 0 Å². The molecule has 0 unspecified atom stereocenters. The van der Waals surface area contributed by atoms with Crippen molar-refractivity contribution in [2.75, 3.05) is 0 Å². The molecule has 0 N–H and O–H groups in total. The molecule has 0 heterocycles. The SMILES string of the molecule is [CH3-].[V].[V].[V].[V].[V].[V].[V].[V].[V].[V].[V].[V].[V].[V].[V].[V].[V].[V].[V].[V].[V].[V]. The molecule has 0 aliphatic carbocycles. The second-order valence-electron chi connectivity index (χ2n) is 0. The van der Waals surface area contributed by atoms with Crippen LogP contribution in [0.1, 0.15) is 0 Å². The number of rotatable bonds is 0. The predicted octanol–water partition coefficient (Wildman–Crippen LogP) is 0.395. The van der Waals surface area contributed by atoms with Gasteiger partial charge in [-0.1, -0.05) is 0 Å². The fourth-order valence-corrected chi connectivity index (χ4v) is 0. The van der Waals surface area contributed by atoms with Crippen LogP contribution in [0, 0.1) is 7.43 Å². The minimum atomic E-state index is 0. The van der Waals surface area contributed by atoms with Crippen molar-refractivity contribution >= 4 is 0 Å². The zero-order valence-corrected chi connectivity index (χ0v) is 41.6. The summed E-state index contributed by atoms with van der Waals surface area (Å²) in [7, 11) is 0. The standard InChI is InChI=1S/CH3.22V/h1H3;;;;;;;;;;;;;;;;;;;;;;/q-1;;;;;;;;;;;;;;;;;;;;;;. The van der Waals surface area contributed by atoms with Crippen molar-refractivity contribution in [1.82, 2.24) is 0 Å². The summed E-state index contributed by atoms with van der Waals surface area (Å²) in [6, 6.07) is 0. The molecule has 0 saturated carbocycles. The molecule has 23 heavy (non-hydrogen) atoms. The average molecular weight is 1140 g/mol. The van der Waals surface area contributed by atoms with Gasteiger partial charge in [0.1, 0.15) is 0 Å². The van der Waals surface area contributed by atoms with Gasteiger partial charge in [0.15, 0.2) is 0 Å². The van der Waals surface area contributed by atoms with Crippen LogP contribution in [0.3, 0.4) is 0 Å². The molecule has 22 radical (unpaired) electrons. The first kappa shape index (κ1) is 264. The van der Waals surface area contributed by atoms with Gasteiger partial charge >= 0.3 is 0 Å². The third kappa shape index (κ3) is 228. The molecule has 22 heteroatoms. The van der Waals surface area contributed by atoms with Crippen molar-refractivity contribution in [3.63, 3.8) is 0 Å². The summed E-state index contributed by atoms with van der Waals surface area (Å²) >= 11 is 0. The van der Waals surface area contributed by atoms with Crippen LogP contribution in [-0.2, 0) is 408 Å². The second-order valence-corrected chi connectivity index (χ2v) is 0. The van der Waals surface area contributed by atoms with E-state index in [1.807, 2.05) is 0 Å². The van der Waals surface area contributed by atoms with E-state index >= 15 is 0 Å². The molecule has 0 aromatic carbocycles. The van der Waals surface area contributed by atoms with Crippen molar-refractivity contribution in [1.29, 1.82) is 0 Å². The molecule has 0 aromatic heterocycles. The van der Waals surface area contributed by atoms with Gasteiger partial charge in [0.05, 0.1) is 0 Å². The molecule has 0 saturated heterocycles. The van der Waals surface area contributed by atoms with Gasteiger partial charge in [0.2, 0.25) is 0 Å². The summed E-state index contributed by atoms with van der Waals surface area (Å²) in [4.78, 5) is 0. The summed E-state index contributed by atoms with van der Waals surface area (Å²) in [5.74, 6) is 0. The monoisotopic (exact) mass is 1140 g/mol. The molecular formula is CH3V22-. The van der Waals surface area contributed by atoms with E-state index in [1.165, 1.54) is 0 Å². The maximum Gasteiger partial charge on any atom is 0 e. The Kier molecular flexibility index (Phi) is 2770. The molecule has 0 amide bonds. The van der Waals surface area contributed by atoms with Crippen molar-refractivity contribution in [2.24, 2.45) is 0 Å². The van der Waals surface area contributed by atoms with Crippen LogP contribution in [0.4, 0.5) is 0 Å².